The summed E-state index contributed by atoms with van der Waals surface area (Å²) in [5.41, 5.74) is 5.17. The third kappa shape index (κ3) is 6.01. The fourth-order valence-corrected chi connectivity index (χ4v) is 0.727. The van der Waals surface area contributed by atoms with Gasteiger partial charge in [-0.2, -0.15) is 0 Å². The molecule has 0 aromatic heterocycles. The summed E-state index contributed by atoms with van der Waals surface area (Å²) in [6, 6.07) is 0. The van der Waals surface area contributed by atoms with Crippen molar-refractivity contribution >= 4 is 0 Å². The van der Waals surface area contributed by atoms with E-state index in [0.29, 0.717) is 6.54 Å². The maximum absolute atomic E-state index is 8.92. The Hall–Kier alpha value is -0.120. The molecule has 0 heterocycles. The highest BCUT2D eigenvalue weighted by Crippen LogP contribution is 1.90. The van der Waals surface area contributed by atoms with Crippen LogP contribution in [0.2, 0.25) is 0 Å². The first-order chi connectivity index (χ1) is 4.81. The number of aliphatic hydroxyl groups excluding tert-OH is 1. The molecule has 0 rings (SSSR count). The molecule has 0 aromatic rings. The summed E-state index contributed by atoms with van der Waals surface area (Å²) < 4.78 is 0. The van der Waals surface area contributed by atoms with Crippen molar-refractivity contribution in [3.05, 3.63) is 0 Å². The van der Waals surface area contributed by atoms with E-state index in [2.05, 4.69) is 12.2 Å². The first-order valence-corrected chi connectivity index (χ1v) is 3.92. The zero-order valence-corrected chi connectivity index (χ0v) is 6.64. The summed E-state index contributed by atoms with van der Waals surface area (Å²) in [6.07, 6.45) is 3.02. The summed E-state index contributed by atoms with van der Waals surface area (Å²) in [4.78, 5) is 0. The van der Waals surface area contributed by atoms with E-state index in [1.165, 1.54) is 12.8 Å². The van der Waals surface area contributed by atoms with Gasteiger partial charge in [0, 0.05) is 6.54 Å². The van der Waals surface area contributed by atoms with Crippen LogP contribution in [-0.2, 0) is 0 Å². The molecule has 1 unspecified atom stereocenters. The molecular weight excluding hydrogens is 128 g/mol. The molecule has 0 radical (unpaired) electrons. The maximum atomic E-state index is 8.92. The third-order valence-electron chi connectivity index (χ3n) is 1.38. The molecule has 0 saturated heterocycles. The van der Waals surface area contributed by atoms with Gasteiger partial charge in [-0.05, 0) is 13.0 Å². The van der Waals surface area contributed by atoms with Crippen molar-refractivity contribution in [2.24, 2.45) is 5.73 Å². The second-order valence-electron chi connectivity index (χ2n) is 2.41. The van der Waals surface area contributed by atoms with Crippen molar-refractivity contribution in [3.8, 4) is 0 Å². The monoisotopic (exact) mass is 146 g/mol. The van der Waals surface area contributed by atoms with E-state index in [4.69, 9.17) is 10.8 Å². The second-order valence-corrected chi connectivity index (χ2v) is 2.41. The minimum Gasteiger partial charge on any atom is -0.377 e. The molecular formula is C7H18N2O. The van der Waals surface area contributed by atoms with E-state index in [-0.39, 0.29) is 0 Å². The van der Waals surface area contributed by atoms with Crippen LogP contribution in [0.1, 0.15) is 26.2 Å². The Bertz CT molecular complexity index is 68.6. The Morgan fingerprint density at radius 1 is 1.50 bits per heavy atom. The van der Waals surface area contributed by atoms with E-state index in [0.717, 1.165) is 13.0 Å². The van der Waals surface area contributed by atoms with Crippen LogP contribution in [0, 0.1) is 0 Å². The topological polar surface area (TPSA) is 58.3 Å². The number of rotatable bonds is 6. The Labute approximate surface area is 62.6 Å². The second kappa shape index (κ2) is 6.99. The highest BCUT2D eigenvalue weighted by molar-refractivity contribution is 4.52. The lowest BCUT2D eigenvalue weighted by molar-refractivity contribution is 0.145. The SMILES string of the molecule is CCCCCNC(O)CN. The van der Waals surface area contributed by atoms with Crippen molar-refractivity contribution in [1.82, 2.24) is 5.32 Å². The summed E-state index contributed by atoms with van der Waals surface area (Å²) in [5.74, 6) is 0. The summed E-state index contributed by atoms with van der Waals surface area (Å²) in [7, 11) is 0. The average molecular weight is 146 g/mol. The Morgan fingerprint density at radius 3 is 2.70 bits per heavy atom. The van der Waals surface area contributed by atoms with Gasteiger partial charge < -0.3 is 10.8 Å². The molecule has 0 aliphatic rings. The van der Waals surface area contributed by atoms with Crippen molar-refractivity contribution in [1.29, 1.82) is 0 Å². The molecule has 0 aliphatic heterocycles. The van der Waals surface area contributed by atoms with E-state index in [1.54, 1.807) is 0 Å². The van der Waals surface area contributed by atoms with Gasteiger partial charge in [0.25, 0.3) is 0 Å². The number of hydrogen-bond donors (Lipinski definition) is 3. The van der Waals surface area contributed by atoms with E-state index in [9.17, 15) is 0 Å². The first-order valence-electron chi connectivity index (χ1n) is 3.92. The van der Waals surface area contributed by atoms with E-state index < -0.39 is 6.23 Å². The lowest BCUT2D eigenvalue weighted by atomic mass is 10.2. The van der Waals surface area contributed by atoms with E-state index in [1.807, 2.05) is 0 Å². The molecule has 4 N–H and O–H groups in total. The largest absolute Gasteiger partial charge is 0.377 e. The maximum Gasteiger partial charge on any atom is 0.117 e. The number of nitrogens with two attached hydrogens (primary N) is 1. The van der Waals surface area contributed by atoms with Crippen molar-refractivity contribution in [2.75, 3.05) is 13.1 Å². The molecule has 0 saturated carbocycles. The Balaban J connectivity index is 2.89. The quantitative estimate of drug-likeness (QED) is 0.366. The van der Waals surface area contributed by atoms with Crippen molar-refractivity contribution in [3.63, 3.8) is 0 Å². The van der Waals surface area contributed by atoms with Crippen LogP contribution < -0.4 is 11.1 Å². The van der Waals surface area contributed by atoms with Crippen molar-refractivity contribution < 1.29 is 5.11 Å². The molecule has 0 amide bonds. The van der Waals surface area contributed by atoms with Gasteiger partial charge in [0.2, 0.25) is 0 Å². The highest BCUT2D eigenvalue weighted by Gasteiger charge is 1.96. The normalized spacial score (nSPS) is 13.5. The fourth-order valence-electron chi connectivity index (χ4n) is 0.727. The molecule has 0 aromatic carbocycles. The van der Waals surface area contributed by atoms with Crippen LogP contribution in [0.15, 0.2) is 0 Å². The molecule has 0 spiro atoms. The molecule has 0 fully saturated rings. The minimum atomic E-state index is -0.517. The summed E-state index contributed by atoms with van der Waals surface area (Å²) in [6.45, 7) is 3.32. The molecule has 0 aliphatic carbocycles. The average Bonchev–Trinajstić information content (AvgIpc) is 1.98. The van der Waals surface area contributed by atoms with Gasteiger partial charge in [0.15, 0.2) is 0 Å². The van der Waals surface area contributed by atoms with Crippen LogP contribution in [0.4, 0.5) is 0 Å². The van der Waals surface area contributed by atoms with Gasteiger partial charge in [-0.3, -0.25) is 5.32 Å². The van der Waals surface area contributed by atoms with Gasteiger partial charge in [0.05, 0.1) is 0 Å². The highest BCUT2D eigenvalue weighted by atomic mass is 16.3. The van der Waals surface area contributed by atoms with E-state index >= 15 is 0 Å². The lowest BCUT2D eigenvalue weighted by Gasteiger charge is -2.08. The van der Waals surface area contributed by atoms with Crippen LogP contribution in [0.25, 0.3) is 0 Å². The Kier molecular flexibility index (Phi) is 6.91. The van der Waals surface area contributed by atoms with Gasteiger partial charge in [0.1, 0.15) is 6.23 Å². The number of unbranched alkanes of at least 4 members (excludes halogenated alkanes) is 2. The predicted molar refractivity (Wildman–Crippen MR) is 42.6 cm³/mol. The fraction of sp³-hybridized carbons (Fsp3) is 1.00. The standard InChI is InChI=1S/C7H18N2O/c1-2-3-4-5-9-7(10)6-8/h7,9-10H,2-6,8H2,1H3. The van der Waals surface area contributed by atoms with Crippen LogP contribution >= 0.6 is 0 Å². The number of hydrogen-bond acceptors (Lipinski definition) is 3. The summed E-state index contributed by atoms with van der Waals surface area (Å²) >= 11 is 0. The van der Waals surface area contributed by atoms with Crippen LogP contribution in [0.5, 0.6) is 0 Å². The Morgan fingerprint density at radius 2 is 2.20 bits per heavy atom. The zero-order chi connectivity index (χ0) is 7.82. The van der Waals surface area contributed by atoms with Gasteiger partial charge >= 0.3 is 0 Å². The lowest BCUT2D eigenvalue weighted by Crippen LogP contribution is -2.36. The van der Waals surface area contributed by atoms with Gasteiger partial charge in [-0.1, -0.05) is 19.8 Å². The molecule has 1 atom stereocenters. The third-order valence-corrected chi connectivity index (χ3v) is 1.38. The molecule has 10 heavy (non-hydrogen) atoms. The number of aliphatic hydroxyl groups is 1. The molecule has 0 bridgehead atoms. The minimum absolute atomic E-state index is 0.298. The van der Waals surface area contributed by atoms with Gasteiger partial charge in [-0.15, -0.1) is 0 Å². The predicted octanol–water partition coefficient (Wildman–Crippen LogP) is 0.0433. The molecule has 3 heteroatoms. The smallest absolute Gasteiger partial charge is 0.117 e. The van der Waals surface area contributed by atoms with Gasteiger partial charge in [-0.25, -0.2) is 0 Å². The summed E-state index contributed by atoms with van der Waals surface area (Å²) in [5, 5.41) is 11.8. The van der Waals surface area contributed by atoms with Crippen LogP contribution in [0.3, 0.4) is 0 Å². The van der Waals surface area contributed by atoms with Crippen molar-refractivity contribution in [2.45, 2.75) is 32.4 Å². The zero-order valence-electron chi connectivity index (χ0n) is 6.64. The molecule has 3 nitrogen and oxygen atoms in total. The number of nitrogens with one attached hydrogen (secondary N) is 1. The first kappa shape index (κ1) is 9.88. The molecule has 62 valence electrons. The van der Waals surface area contributed by atoms with Crippen LogP contribution in [-0.4, -0.2) is 24.4 Å².